The molecule has 4 rings (SSSR count). The summed E-state index contributed by atoms with van der Waals surface area (Å²) in [6, 6.07) is 3.87. The van der Waals surface area contributed by atoms with E-state index in [2.05, 4.69) is 15.2 Å². The first-order chi connectivity index (χ1) is 15.4. The van der Waals surface area contributed by atoms with Crippen LogP contribution in [-0.4, -0.2) is 52.7 Å². The van der Waals surface area contributed by atoms with Crippen LogP contribution in [0.3, 0.4) is 0 Å². The van der Waals surface area contributed by atoms with E-state index in [1.807, 2.05) is 4.68 Å². The van der Waals surface area contributed by atoms with Crippen molar-refractivity contribution in [3.8, 4) is 0 Å². The first-order valence-corrected chi connectivity index (χ1v) is 10.9. The number of ether oxygens (including phenoxy) is 1. The number of nitrogens with one attached hydrogen (secondary N) is 1. The SMILES string of the molecule is COC(=O)CCNC(=O)c1nn(CC2CC2)c2c1CN(C(=O)c1cc(Cl)ccc1F)CC2. The van der Waals surface area contributed by atoms with Gasteiger partial charge in [0, 0.05) is 42.3 Å². The van der Waals surface area contributed by atoms with Gasteiger partial charge in [-0.1, -0.05) is 11.6 Å². The number of esters is 1. The molecule has 8 nitrogen and oxygen atoms in total. The van der Waals surface area contributed by atoms with Gasteiger partial charge >= 0.3 is 5.97 Å². The molecule has 1 aliphatic heterocycles. The minimum absolute atomic E-state index is 0.0475. The number of aromatic nitrogens is 2. The highest BCUT2D eigenvalue weighted by atomic mass is 35.5. The van der Waals surface area contributed by atoms with E-state index in [0.29, 0.717) is 24.4 Å². The highest BCUT2D eigenvalue weighted by Crippen LogP contribution is 2.33. The summed E-state index contributed by atoms with van der Waals surface area (Å²) in [5.74, 6) is -1.41. The van der Waals surface area contributed by atoms with Crippen LogP contribution in [0.4, 0.5) is 4.39 Å². The maximum absolute atomic E-state index is 14.2. The Morgan fingerprint density at radius 2 is 2.09 bits per heavy atom. The summed E-state index contributed by atoms with van der Waals surface area (Å²) in [5, 5.41) is 7.51. The van der Waals surface area contributed by atoms with Crippen LogP contribution in [0.5, 0.6) is 0 Å². The quantitative estimate of drug-likeness (QED) is 0.638. The molecule has 1 saturated carbocycles. The lowest BCUT2D eigenvalue weighted by molar-refractivity contribution is -0.140. The predicted molar refractivity (Wildman–Crippen MR) is 114 cm³/mol. The van der Waals surface area contributed by atoms with Gasteiger partial charge in [-0.15, -0.1) is 0 Å². The zero-order valence-corrected chi connectivity index (χ0v) is 18.5. The molecule has 1 fully saturated rings. The number of fused-ring (bicyclic) bond motifs is 1. The molecule has 0 saturated heterocycles. The molecule has 2 aliphatic rings. The van der Waals surface area contributed by atoms with Gasteiger partial charge in [0.05, 0.1) is 25.6 Å². The summed E-state index contributed by atoms with van der Waals surface area (Å²) in [4.78, 5) is 38.6. The van der Waals surface area contributed by atoms with E-state index in [-0.39, 0.29) is 35.8 Å². The number of benzene rings is 1. The second-order valence-electron chi connectivity index (χ2n) is 8.08. The smallest absolute Gasteiger partial charge is 0.307 e. The molecule has 0 spiro atoms. The second kappa shape index (κ2) is 9.28. The van der Waals surface area contributed by atoms with Crippen molar-refractivity contribution in [1.82, 2.24) is 20.0 Å². The topological polar surface area (TPSA) is 93.5 Å². The average Bonchev–Trinajstić information content (AvgIpc) is 3.54. The molecule has 1 aromatic heterocycles. The molecular formula is C22H24ClFN4O4. The van der Waals surface area contributed by atoms with Crippen molar-refractivity contribution < 1.29 is 23.5 Å². The summed E-state index contributed by atoms with van der Waals surface area (Å²) in [7, 11) is 1.29. The number of nitrogens with zero attached hydrogens (tertiary/aromatic N) is 3. The molecule has 2 heterocycles. The third kappa shape index (κ3) is 4.77. The fraction of sp³-hybridized carbons (Fsp3) is 0.455. The van der Waals surface area contributed by atoms with E-state index in [4.69, 9.17) is 11.6 Å². The maximum atomic E-state index is 14.2. The Balaban J connectivity index is 1.57. The Bertz CT molecular complexity index is 1070. The number of amides is 2. The van der Waals surface area contributed by atoms with Crippen LogP contribution >= 0.6 is 11.6 Å². The Morgan fingerprint density at radius 1 is 1.31 bits per heavy atom. The molecule has 1 aromatic carbocycles. The lowest BCUT2D eigenvalue weighted by Gasteiger charge is -2.28. The summed E-state index contributed by atoms with van der Waals surface area (Å²) in [6.45, 7) is 1.38. The van der Waals surface area contributed by atoms with Gasteiger partial charge in [-0.3, -0.25) is 19.1 Å². The zero-order valence-electron chi connectivity index (χ0n) is 17.7. The molecule has 1 aliphatic carbocycles. The largest absolute Gasteiger partial charge is 0.469 e. The van der Waals surface area contributed by atoms with Gasteiger partial charge < -0.3 is 15.0 Å². The molecule has 0 atom stereocenters. The van der Waals surface area contributed by atoms with Crippen molar-refractivity contribution in [3.63, 3.8) is 0 Å². The van der Waals surface area contributed by atoms with Crippen LogP contribution in [0.2, 0.25) is 5.02 Å². The highest BCUT2D eigenvalue weighted by Gasteiger charge is 2.33. The maximum Gasteiger partial charge on any atom is 0.307 e. The molecule has 32 heavy (non-hydrogen) atoms. The normalized spacial score (nSPS) is 15.3. The van der Waals surface area contributed by atoms with Crippen LogP contribution in [0.25, 0.3) is 0 Å². The second-order valence-corrected chi connectivity index (χ2v) is 8.52. The van der Waals surface area contributed by atoms with E-state index in [0.717, 1.165) is 25.1 Å². The third-order valence-corrected chi connectivity index (χ3v) is 6.00. The minimum Gasteiger partial charge on any atom is -0.469 e. The van der Waals surface area contributed by atoms with Crippen LogP contribution in [0.15, 0.2) is 18.2 Å². The first-order valence-electron chi connectivity index (χ1n) is 10.5. The monoisotopic (exact) mass is 462 g/mol. The number of hydrogen-bond acceptors (Lipinski definition) is 5. The van der Waals surface area contributed by atoms with E-state index in [9.17, 15) is 18.8 Å². The Labute approximate surface area is 189 Å². The number of methoxy groups -OCH3 is 1. The van der Waals surface area contributed by atoms with E-state index < -0.39 is 23.6 Å². The summed E-state index contributed by atoms with van der Waals surface area (Å²) in [6.07, 6.45) is 2.83. The molecule has 1 N–H and O–H groups in total. The molecule has 10 heteroatoms. The summed E-state index contributed by atoms with van der Waals surface area (Å²) < 4.78 is 20.7. The Morgan fingerprint density at radius 3 is 2.81 bits per heavy atom. The fourth-order valence-corrected chi connectivity index (χ4v) is 4.01. The average molecular weight is 463 g/mol. The molecule has 0 radical (unpaired) electrons. The van der Waals surface area contributed by atoms with E-state index in [1.54, 1.807) is 0 Å². The lowest BCUT2D eigenvalue weighted by atomic mass is 10.0. The standard InChI is InChI=1S/C22H24ClFN4O4/c1-32-19(29)6-8-25-21(30)20-16-12-27(22(31)15-10-14(23)4-5-17(15)24)9-7-18(16)28(26-20)11-13-2-3-13/h4-5,10,13H,2-3,6-9,11-12H2,1H3,(H,25,30). The van der Waals surface area contributed by atoms with Crippen molar-refractivity contribution in [2.24, 2.45) is 5.92 Å². The van der Waals surface area contributed by atoms with E-state index >= 15 is 0 Å². The van der Waals surface area contributed by atoms with Gasteiger partial charge in [-0.05, 0) is 37.0 Å². The van der Waals surface area contributed by atoms with Gasteiger partial charge in [0.2, 0.25) is 0 Å². The molecule has 0 unspecified atom stereocenters. The number of carbonyl (C=O) groups excluding carboxylic acids is 3. The molecule has 2 amide bonds. The number of rotatable bonds is 7. The van der Waals surface area contributed by atoms with Crippen molar-refractivity contribution in [3.05, 3.63) is 51.6 Å². The van der Waals surface area contributed by atoms with Crippen LogP contribution in [-0.2, 0) is 29.0 Å². The van der Waals surface area contributed by atoms with Crippen LogP contribution < -0.4 is 5.32 Å². The number of hydrogen-bond donors (Lipinski definition) is 1. The summed E-state index contributed by atoms with van der Waals surface area (Å²) in [5.41, 5.74) is 1.71. The summed E-state index contributed by atoms with van der Waals surface area (Å²) >= 11 is 5.95. The number of carbonyl (C=O) groups is 3. The van der Waals surface area contributed by atoms with Gasteiger partial charge in [0.15, 0.2) is 5.69 Å². The molecule has 0 bridgehead atoms. The zero-order chi connectivity index (χ0) is 22.8. The van der Waals surface area contributed by atoms with Gasteiger partial charge in [-0.25, -0.2) is 4.39 Å². The van der Waals surface area contributed by atoms with Gasteiger partial charge in [0.25, 0.3) is 11.8 Å². The first kappa shape index (κ1) is 22.3. The van der Waals surface area contributed by atoms with Crippen molar-refractivity contribution in [2.45, 2.75) is 38.8 Å². The minimum atomic E-state index is -0.643. The van der Waals surface area contributed by atoms with Crippen molar-refractivity contribution >= 4 is 29.4 Å². The molecule has 2 aromatic rings. The Hall–Kier alpha value is -2.94. The third-order valence-electron chi connectivity index (χ3n) is 5.77. The van der Waals surface area contributed by atoms with Crippen LogP contribution in [0.1, 0.15) is 51.4 Å². The fourth-order valence-electron chi connectivity index (χ4n) is 3.84. The van der Waals surface area contributed by atoms with Crippen molar-refractivity contribution in [1.29, 1.82) is 0 Å². The van der Waals surface area contributed by atoms with Crippen molar-refractivity contribution in [2.75, 3.05) is 20.2 Å². The highest BCUT2D eigenvalue weighted by molar-refractivity contribution is 6.31. The van der Waals surface area contributed by atoms with E-state index in [1.165, 1.54) is 30.2 Å². The molecular weight excluding hydrogens is 439 g/mol. The lowest BCUT2D eigenvalue weighted by Crippen LogP contribution is -2.37. The molecule has 170 valence electrons. The van der Waals surface area contributed by atoms with Gasteiger partial charge in [-0.2, -0.15) is 5.10 Å². The predicted octanol–water partition coefficient (Wildman–Crippen LogP) is 2.58. The van der Waals surface area contributed by atoms with Gasteiger partial charge in [0.1, 0.15) is 5.82 Å². The number of halogens is 2. The Kier molecular flexibility index (Phi) is 6.45. The van der Waals surface area contributed by atoms with Crippen LogP contribution in [0, 0.1) is 11.7 Å².